The van der Waals surface area contributed by atoms with Gasteiger partial charge in [0.2, 0.25) is 10.0 Å². The first-order chi connectivity index (χ1) is 13.4. The summed E-state index contributed by atoms with van der Waals surface area (Å²) in [4.78, 5) is 12.6. The minimum absolute atomic E-state index is 0.152. The first kappa shape index (κ1) is 18.7. The molecule has 0 spiro atoms. The van der Waals surface area contributed by atoms with Crippen LogP contribution in [0.15, 0.2) is 65.4 Å². The van der Waals surface area contributed by atoms with Crippen LogP contribution >= 0.6 is 15.9 Å². The van der Waals surface area contributed by atoms with Crippen molar-refractivity contribution >= 4 is 43.2 Å². The first-order valence-electron chi connectivity index (χ1n) is 8.65. The molecular weight excluding hydrogens is 444 g/mol. The standard InChI is InChI=1S/C19H17BrN4O3S/c20-15-5-7-17(8-6-15)23-13-14(12-21-23)19(25)22-16-3-1-4-18(11-16)24-9-2-10-28(24,26)27/h1,3-8,11-13H,2,9-10H2,(H,22,25). The number of amides is 1. The van der Waals surface area contributed by atoms with Crippen molar-refractivity contribution in [3.63, 3.8) is 0 Å². The highest BCUT2D eigenvalue weighted by atomic mass is 79.9. The molecule has 1 saturated heterocycles. The Morgan fingerprint density at radius 2 is 1.89 bits per heavy atom. The van der Waals surface area contributed by atoms with Crippen molar-refractivity contribution in [1.29, 1.82) is 0 Å². The van der Waals surface area contributed by atoms with E-state index in [0.29, 0.717) is 29.9 Å². The Hall–Kier alpha value is -2.65. The highest BCUT2D eigenvalue weighted by Gasteiger charge is 2.28. The van der Waals surface area contributed by atoms with Crippen LogP contribution in [0.3, 0.4) is 0 Å². The predicted octanol–water partition coefficient (Wildman–Crippen LogP) is 3.43. The molecule has 144 valence electrons. The van der Waals surface area contributed by atoms with Gasteiger partial charge in [-0.2, -0.15) is 5.10 Å². The van der Waals surface area contributed by atoms with Gasteiger partial charge in [0.1, 0.15) is 0 Å². The second kappa shape index (κ2) is 7.40. The van der Waals surface area contributed by atoms with Crippen LogP contribution in [0.5, 0.6) is 0 Å². The molecule has 0 atom stereocenters. The lowest BCUT2D eigenvalue weighted by Crippen LogP contribution is -2.25. The number of hydrogen-bond acceptors (Lipinski definition) is 4. The van der Waals surface area contributed by atoms with Crippen LogP contribution in [0.1, 0.15) is 16.8 Å². The number of nitrogens with zero attached hydrogens (tertiary/aromatic N) is 3. The second-order valence-electron chi connectivity index (χ2n) is 6.40. The van der Waals surface area contributed by atoms with E-state index in [-0.39, 0.29) is 11.7 Å². The lowest BCUT2D eigenvalue weighted by atomic mass is 10.2. The molecule has 1 fully saturated rings. The fourth-order valence-electron chi connectivity index (χ4n) is 3.05. The van der Waals surface area contributed by atoms with E-state index in [2.05, 4.69) is 26.3 Å². The number of carbonyl (C=O) groups excluding carboxylic acids is 1. The van der Waals surface area contributed by atoms with Gasteiger partial charge in [0, 0.05) is 22.9 Å². The molecule has 1 amide bonds. The van der Waals surface area contributed by atoms with Gasteiger partial charge < -0.3 is 5.32 Å². The second-order valence-corrected chi connectivity index (χ2v) is 9.32. The van der Waals surface area contributed by atoms with Crippen LogP contribution in [-0.2, 0) is 10.0 Å². The normalized spacial score (nSPS) is 15.5. The van der Waals surface area contributed by atoms with Gasteiger partial charge in [0.15, 0.2) is 0 Å². The molecule has 0 unspecified atom stereocenters. The van der Waals surface area contributed by atoms with Gasteiger partial charge in [-0.25, -0.2) is 13.1 Å². The fraction of sp³-hybridized carbons (Fsp3) is 0.158. The number of anilines is 2. The molecule has 1 aliphatic heterocycles. The summed E-state index contributed by atoms with van der Waals surface area (Å²) < 4.78 is 28.2. The van der Waals surface area contributed by atoms with Crippen molar-refractivity contribution in [3.8, 4) is 5.69 Å². The topological polar surface area (TPSA) is 84.3 Å². The monoisotopic (exact) mass is 460 g/mol. The van der Waals surface area contributed by atoms with Crippen molar-refractivity contribution < 1.29 is 13.2 Å². The third kappa shape index (κ3) is 3.81. The van der Waals surface area contributed by atoms with Gasteiger partial charge in [-0.1, -0.05) is 22.0 Å². The number of aromatic nitrogens is 2. The Bertz CT molecular complexity index is 1130. The van der Waals surface area contributed by atoms with Crippen molar-refractivity contribution in [2.24, 2.45) is 0 Å². The summed E-state index contributed by atoms with van der Waals surface area (Å²) in [6.45, 7) is 0.458. The molecule has 2 heterocycles. The molecular formula is C19H17BrN4O3S. The maximum absolute atomic E-state index is 12.6. The maximum atomic E-state index is 12.6. The third-order valence-electron chi connectivity index (χ3n) is 4.43. The van der Waals surface area contributed by atoms with E-state index in [0.717, 1.165) is 10.2 Å². The average Bonchev–Trinajstić information content (AvgIpc) is 3.29. The molecule has 0 radical (unpaired) electrons. The molecule has 28 heavy (non-hydrogen) atoms. The molecule has 0 saturated carbocycles. The van der Waals surface area contributed by atoms with E-state index in [1.165, 1.54) is 10.5 Å². The highest BCUT2D eigenvalue weighted by Crippen LogP contribution is 2.26. The lowest BCUT2D eigenvalue weighted by molar-refractivity contribution is 0.102. The Balaban J connectivity index is 1.51. The number of rotatable bonds is 4. The molecule has 0 bridgehead atoms. The highest BCUT2D eigenvalue weighted by molar-refractivity contribution is 9.10. The summed E-state index contributed by atoms with van der Waals surface area (Å²) in [5.41, 5.74) is 2.33. The van der Waals surface area contributed by atoms with Crippen molar-refractivity contribution in [2.45, 2.75) is 6.42 Å². The van der Waals surface area contributed by atoms with E-state index in [1.807, 2.05) is 24.3 Å². The summed E-state index contributed by atoms with van der Waals surface area (Å²) in [6.07, 6.45) is 3.74. The van der Waals surface area contributed by atoms with E-state index in [4.69, 9.17) is 0 Å². The Morgan fingerprint density at radius 1 is 1.11 bits per heavy atom. The Kier molecular flexibility index (Phi) is 4.94. The van der Waals surface area contributed by atoms with Crippen LogP contribution < -0.4 is 9.62 Å². The minimum Gasteiger partial charge on any atom is -0.322 e. The van der Waals surface area contributed by atoms with E-state index in [1.54, 1.807) is 35.1 Å². The molecule has 1 N–H and O–H groups in total. The predicted molar refractivity (Wildman–Crippen MR) is 111 cm³/mol. The van der Waals surface area contributed by atoms with Crippen molar-refractivity contribution in [1.82, 2.24) is 9.78 Å². The molecule has 3 aromatic rings. The summed E-state index contributed by atoms with van der Waals surface area (Å²) >= 11 is 3.39. The van der Waals surface area contributed by atoms with Crippen LogP contribution in [0, 0.1) is 0 Å². The zero-order valence-electron chi connectivity index (χ0n) is 14.7. The molecule has 7 nitrogen and oxygen atoms in total. The van der Waals surface area contributed by atoms with E-state index < -0.39 is 10.0 Å². The van der Waals surface area contributed by atoms with E-state index in [9.17, 15) is 13.2 Å². The number of carbonyl (C=O) groups is 1. The molecule has 4 rings (SSSR count). The van der Waals surface area contributed by atoms with Gasteiger partial charge in [-0.3, -0.25) is 9.10 Å². The SMILES string of the molecule is O=C(Nc1cccc(N2CCCS2(=O)=O)c1)c1cnn(-c2ccc(Br)cc2)c1. The molecule has 9 heteroatoms. The largest absolute Gasteiger partial charge is 0.322 e. The minimum atomic E-state index is -3.26. The van der Waals surface area contributed by atoms with E-state index >= 15 is 0 Å². The van der Waals surface area contributed by atoms with Crippen molar-refractivity contribution in [2.75, 3.05) is 21.9 Å². The lowest BCUT2D eigenvalue weighted by Gasteiger charge is -2.17. The Labute approximate surface area is 171 Å². The van der Waals surface area contributed by atoms with Crippen LogP contribution in [0.25, 0.3) is 5.69 Å². The quantitative estimate of drug-likeness (QED) is 0.646. The van der Waals surface area contributed by atoms with Crippen LogP contribution in [0.2, 0.25) is 0 Å². The first-order valence-corrected chi connectivity index (χ1v) is 11.0. The number of benzene rings is 2. The molecule has 2 aromatic carbocycles. The number of sulfonamides is 1. The fourth-order valence-corrected chi connectivity index (χ4v) is 4.87. The smallest absolute Gasteiger partial charge is 0.258 e. The van der Waals surface area contributed by atoms with Crippen molar-refractivity contribution in [3.05, 3.63) is 71.0 Å². The zero-order valence-corrected chi connectivity index (χ0v) is 17.1. The Morgan fingerprint density at radius 3 is 2.61 bits per heavy atom. The van der Waals surface area contributed by atoms with Gasteiger partial charge >= 0.3 is 0 Å². The zero-order chi connectivity index (χ0) is 19.7. The number of nitrogens with one attached hydrogen (secondary N) is 1. The van der Waals surface area contributed by atoms with Gasteiger partial charge in [-0.15, -0.1) is 0 Å². The summed E-state index contributed by atoms with van der Waals surface area (Å²) in [5.74, 6) is -0.163. The number of hydrogen-bond donors (Lipinski definition) is 1. The molecule has 0 aliphatic carbocycles. The average molecular weight is 461 g/mol. The molecule has 1 aromatic heterocycles. The maximum Gasteiger partial charge on any atom is 0.258 e. The van der Waals surface area contributed by atoms with Gasteiger partial charge in [0.05, 0.1) is 28.9 Å². The third-order valence-corrected chi connectivity index (χ3v) is 6.83. The molecule has 1 aliphatic rings. The van der Waals surface area contributed by atoms with Gasteiger partial charge in [-0.05, 0) is 48.9 Å². The van der Waals surface area contributed by atoms with Crippen LogP contribution in [-0.4, -0.2) is 36.4 Å². The summed E-state index contributed by atoms with van der Waals surface area (Å²) in [7, 11) is -3.26. The summed E-state index contributed by atoms with van der Waals surface area (Å²) in [6, 6.07) is 14.4. The number of halogens is 1. The summed E-state index contributed by atoms with van der Waals surface area (Å²) in [5, 5.41) is 7.03. The van der Waals surface area contributed by atoms with Crippen LogP contribution in [0.4, 0.5) is 11.4 Å². The van der Waals surface area contributed by atoms with Gasteiger partial charge in [0.25, 0.3) is 5.91 Å².